The Morgan fingerprint density at radius 3 is 2.89 bits per heavy atom. The van der Waals surface area contributed by atoms with Crippen molar-refractivity contribution < 1.29 is 4.79 Å². The lowest BCUT2D eigenvalue weighted by Crippen LogP contribution is -2.43. The molecule has 0 saturated carbocycles. The Hall–Kier alpha value is -1.95. The lowest BCUT2D eigenvalue weighted by Gasteiger charge is -2.32. The number of likely N-dealkylation sites (tertiary alicyclic amines) is 1. The predicted molar refractivity (Wildman–Crippen MR) is 116 cm³/mol. The number of para-hydroxylation sites is 1. The van der Waals surface area contributed by atoms with E-state index in [0.29, 0.717) is 12.5 Å². The lowest BCUT2D eigenvalue weighted by atomic mass is 9.98. The first-order chi connectivity index (χ1) is 13.6. The van der Waals surface area contributed by atoms with Crippen molar-refractivity contribution >= 4 is 39.1 Å². The fraction of sp³-hybridized carbons (Fsp3) is 0.364. The summed E-state index contributed by atoms with van der Waals surface area (Å²) in [5.74, 6) is 0.473. The van der Waals surface area contributed by atoms with Gasteiger partial charge in [0.25, 0.3) is 0 Å². The number of nitrogens with zero attached hydrogens (tertiary/aromatic N) is 2. The van der Waals surface area contributed by atoms with E-state index >= 15 is 0 Å². The maximum atomic E-state index is 12.8. The zero-order chi connectivity index (χ0) is 19.5. The van der Waals surface area contributed by atoms with Crippen LogP contribution in [-0.2, 0) is 4.79 Å². The molecule has 1 aliphatic heterocycles. The average molecular weight is 414 g/mol. The molecule has 1 fully saturated rings. The molecule has 0 unspecified atom stereocenters. The molecule has 0 bridgehead atoms. The smallest absolute Gasteiger partial charge is 0.236 e. The van der Waals surface area contributed by atoms with Gasteiger partial charge in [0.2, 0.25) is 5.91 Å². The topological polar surface area (TPSA) is 45.2 Å². The SMILES string of the molecule is C[C@@H](NCC(=O)N1CCC[C@H](c2nc3ccccc3s2)C1)c1ccccc1Cl. The summed E-state index contributed by atoms with van der Waals surface area (Å²) >= 11 is 8.02. The van der Waals surface area contributed by atoms with E-state index in [1.54, 1.807) is 11.3 Å². The highest BCUT2D eigenvalue weighted by Crippen LogP contribution is 2.33. The third kappa shape index (κ3) is 4.22. The molecule has 1 N–H and O–H groups in total. The largest absolute Gasteiger partial charge is 0.341 e. The van der Waals surface area contributed by atoms with E-state index in [1.165, 1.54) is 4.70 Å². The highest BCUT2D eigenvalue weighted by atomic mass is 35.5. The number of thiazole rings is 1. The standard InChI is InChI=1S/C22H24ClN3OS/c1-15(17-8-2-3-9-18(17)23)24-13-21(27)26-12-6-7-16(14-26)22-25-19-10-4-5-11-20(19)28-22/h2-5,8-11,15-16,24H,6-7,12-14H2,1H3/t15-,16+/m1/s1. The zero-order valence-electron chi connectivity index (χ0n) is 15.9. The van der Waals surface area contributed by atoms with Gasteiger partial charge in [0.1, 0.15) is 0 Å². The van der Waals surface area contributed by atoms with Crippen LogP contribution >= 0.6 is 22.9 Å². The van der Waals surface area contributed by atoms with Crippen molar-refractivity contribution in [2.75, 3.05) is 19.6 Å². The van der Waals surface area contributed by atoms with Crippen molar-refractivity contribution in [3.63, 3.8) is 0 Å². The molecule has 3 aromatic rings. The Kier molecular flexibility index (Phi) is 5.95. The van der Waals surface area contributed by atoms with E-state index in [1.807, 2.05) is 48.2 Å². The monoisotopic (exact) mass is 413 g/mol. The Bertz CT molecular complexity index is 940. The molecule has 1 saturated heterocycles. The summed E-state index contributed by atoms with van der Waals surface area (Å²) in [6.07, 6.45) is 2.11. The van der Waals surface area contributed by atoms with Crippen molar-refractivity contribution in [3.05, 3.63) is 64.1 Å². The lowest BCUT2D eigenvalue weighted by molar-refractivity contribution is -0.131. The number of hydrogen-bond acceptors (Lipinski definition) is 4. The molecule has 4 rings (SSSR count). The number of hydrogen-bond donors (Lipinski definition) is 1. The van der Waals surface area contributed by atoms with Gasteiger partial charge in [0.15, 0.2) is 0 Å². The number of aromatic nitrogens is 1. The third-order valence-electron chi connectivity index (χ3n) is 5.36. The normalized spacial score (nSPS) is 18.4. The summed E-state index contributed by atoms with van der Waals surface area (Å²) in [4.78, 5) is 19.6. The molecule has 0 radical (unpaired) electrons. The number of piperidine rings is 1. The van der Waals surface area contributed by atoms with Gasteiger partial charge in [0, 0.05) is 30.1 Å². The predicted octanol–water partition coefficient (Wildman–Crippen LogP) is 5.01. The second kappa shape index (κ2) is 8.60. The molecule has 0 aliphatic carbocycles. The Morgan fingerprint density at radius 1 is 1.29 bits per heavy atom. The fourth-order valence-corrected chi connectivity index (χ4v) is 5.15. The van der Waals surface area contributed by atoms with E-state index in [9.17, 15) is 4.79 Å². The van der Waals surface area contributed by atoms with Crippen LogP contribution in [0.2, 0.25) is 5.02 Å². The molecule has 0 spiro atoms. The molecule has 1 amide bonds. The average Bonchev–Trinajstić information content (AvgIpc) is 3.16. The molecule has 6 heteroatoms. The van der Waals surface area contributed by atoms with Gasteiger partial charge >= 0.3 is 0 Å². The molecular weight excluding hydrogens is 390 g/mol. The van der Waals surface area contributed by atoms with Crippen LogP contribution in [0.25, 0.3) is 10.2 Å². The number of carbonyl (C=O) groups is 1. The second-order valence-electron chi connectivity index (χ2n) is 7.32. The summed E-state index contributed by atoms with van der Waals surface area (Å²) in [5.41, 5.74) is 2.07. The zero-order valence-corrected chi connectivity index (χ0v) is 17.5. The molecule has 2 aromatic carbocycles. The number of carbonyl (C=O) groups excluding carboxylic acids is 1. The van der Waals surface area contributed by atoms with Crippen molar-refractivity contribution in [2.24, 2.45) is 0 Å². The van der Waals surface area contributed by atoms with Crippen LogP contribution in [0, 0.1) is 0 Å². The first-order valence-corrected chi connectivity index (χ1v) is 10.9. The van der Waals surface area contributed by atoms with Gasteiger partial charge in [0.05, 0.1) is 21.8 Å². The van der Waals surface area contributed by atoms with Gasteiger partial charge in [-0.05, 0) is 43.5 Å². The number of nitrogens with one attached hydrogen (secondary N) is 1. The fourth-order valence-electron chi connectivity index (χ4n) is 3.76. The Labute approximate surface area is 174 Å². The number of benzene rings is 2. The molecule has 28 heavy (non-hydrogen) atoms. The highest BCUT2D eigenvalue weighted by molar-refractivity contribution is 7.18. The third-order valence-corrected chi connectivity index (χ3v) is 6.91. The minimum absolute atomic E-state index is 0.0301. The minimum Gasteiger partial charge on any atom is -0.341 e. The molecule has 2 atom stereocenters. The van der Waals surface area contributed by atoms with Crippen LogP contribution in [0.1, 0.15) is 42.3 Å². The van der Waals surface area contributed by atoms with Gasteiger partial charge < -0.3 is 10.2 Å². The van der Waals surface area contributed by atoms with Crippen LogP contribution in [0.15, 0.2) is 48.5 Å². The van der Waals surface area contributed by atoms with Crippen molar-refractivity contribution in [1.82, 2.24) is 15.2 Å². The van der Waals surface area contributed by atoms with Gasteiger partial charge in [-0.3, -0.25) is 4.79 Å². The molecular formula is C22H24ClN3OS. The number of halogens is 1. The Morgan fingerprint density at radius 2 is 2.07 bits per heavy atom. The van der Waals surface area contributed by atoms with Crippen LogP contribution in [0.3, 0.4) is 0 Å². The molecule has 1 aliphatic rings. The van der Waals surface area contributed by atoms with Crippen LogP contribution in [-0.4, -0.2) is 35.4 Å². The summed E-state index contributed by atoms with van der Waals surface area (Å²) in [6.45, 7) is 3.93. The van der Waals surface area contributed by atoms with E-state index in [-0.39, 0.29) is 11.9 Å². The Balaban J connectivity index is 1.37. The van der Waals surface area contributed by atoms with Crippen molar-refractivity contribution in [3.8, 4) is 0 Å². The number of fused-ring (bicyclic) bond motifs is 1. The maximum Gasteiger partial charge on any atom is 0.236 e. The number of rotatable bonds is 5. The summed E-state index contributed by atoms with van der Waals surface area (Å²) < 4.78 is 1.22. The summed E-state index contributed by atoms with van der Waals surface area (Å²) in [7, 11) is 0. The first-order valence-electron chi connectivity index (χ1n) is 9.73. The quantitative estimate of drug-likeness (QED) is 0.639. The van der Waals surface area contributed by atoms with Gasteiger partial charge in [-0.25, -0.2) is 4.98 Å². The summed E-state index contributed by atoms with van der Waals surface area (Å²) in [6, 6.07) is 16.0. The second-order valence-corrected chi connectivity index (χ2v) is 8.79. The molecule has 4 nitrogen and oxygen atoms in total. The van der Waals surface area contributed by atoms with Crippen LogP contribution < -0.4 is 5.32 Å². The first kappa shape index (κ1) is 19.4. The molecule has 1 aromatic heterocycles. The van der Waals surface area contributed by atoms with E-state index < -0.39 is 0 Å². The van der Waals surface area contributed by atoms with E-state index in [2.05, 4.69) is 17.4 Å². The van der Waals surface area contributed by atoms with Crippen molar-refractivity contribution in [2.45, 2.75) is 31.7 Å². The van der Waals surface area contributed by atoms with Gasteiger partial charge in [-0.15, -0.1) is 11.3 Å². The van der Waals surface area contributed by atoms with Gasteiger partial charge in [-0.1, -0.05) is 41.9 Å². The van der Waals surface area contributed by atoms with Crippen LogP contribution in [0.4, 0.5) is 0 Å². The summed E-state index contributed by atoms with van der Waals surface area (Å²) in [5, 5.41) is 5.20. The number of amides is 1. The minimum atomic E-state index is 0.0301. The van der Waals surface area contributed by atoms with Crippen molar-refractivity contribution in [1.29, 1.82) is 0 Å². The van der Waals surface area contributed by atoms with E-state index in [4.69, 9.17) is 16.6 Å². The highest BCUT2D eigenvalue weighted by Gasteiger charge is 2.27. The van der Waals surface area contributed by atoms with Crippen LogP contribution in [0.5, 0.6) is 0 Å². The maximum absolute atomic E-state index is 12.8. The molecule has 2 heterocycles. The van der Waals surface area contributed by atoms with E-state index in [0.717, 1.165) is 47.0 Å². The van der Waals surface area contributed by atoms with Gasteiger partial charge in [-0.2, -0.15) is 0 Å². The molecule has 146 valence electrons.